The fraction of sp³-hybridized carbons (Fsp3) is 0.733. The maximum Gasteiger partial charge on any atom is 0.416 e. The molecular formula is C15H25F3IN5O. The van der Waals surface area contributed by atoms with Crippen molar-refractivity contribution in [2.75, 3.05) is 13.6 Å². The average molecular weight is 475 g/mol. The first-order valence-corrected chi connectivity index (χ1v) is 7.99. The van der Waals surface area contributed by atoms with Crippen LogP contribution in [0.4, 0.5) is 13.2 Å². The van der Waals surface area contributed by atoms with E-state index in [0.717, 1.165) is 18.5 Å². The molecule has 0 spiro atoms. The lowest BCUT2D eigenvalue weighted by Gasteiger charge is -2.25. The van der Waals surface area contributed by atoms with Gasteiger partial charge in [-0.15, -0.1) is 24.0 Å². The van der Waals surface area contributed by atoms with Crippen LogP contribution in [0.25, 0.3) is 0 Å². The molecule has 25 heavy (non-hydrogen) atoms. The van der Waals surface area contributed by atoms with Gasteiger partial charge in [0.2, 0.25) is 0 Å². The third-order valence-corrected chi connectivity index (χ3v) is 4.03. The number of nitrogens with one attached hydrogen (secondary N) is 2. The number of aromatic nitrogens is 2. The molecule has 2 unspecified atom stereocenters. The van der Waals surface area contributed by atoms with Gasteiger partial charge in [-0.25, -0.2) is 0 Å². The van der Waals surface area contributed by atoms with Crippen molar-refractivity contribution in [3.63, 3.8) is 0 Å². The number of nitrogens with zero attached hydrogens (tertiary/aromatic N) is 3. The first kappa shape index (κ1) is 22.0. The normalized spacial score (nSPS) is 19.2. The fourth-order valence-corrected chi connectivity index (χ4v) is 2.60. The van der Waals surface area contributed by atoms with Crippen LogP contribution in [-0.2, 0) is 12.8 Å². The van der Waals surface area contributed by atoms with Gasteiger partial charge in [-0.3, -0.25) is 9.67 Å². The number of hydrogen-bond donors (Lipinski definition) is 3. The maximum absolute atomic E-state index is 12.3. The van der Waals surface area contributed by atoms with E-state index in [1.165, 1.54) is 12.6 Å². The molecule has 144 valence electrons. The number of fused-ring (bicyclic) bond motifs is 1. The van der Waals surface area contributed by atoms with Crippen LogP contribution in [0.1, 0.15) is 37.6 Å². The largest absolute Gasteiger partial charge is 0.416 e. The van der Waals surface area contributed by atoms with Gasteiger partial charge >= 0.3 is 6.18 Å². The molecule has 3 N–H and O–H groups in total. The average Bonchev–Trinajstić information content (AvgIpc) is 2.93. The summed E-state index contributed by atoms with van der Waals surface area (Å²) in [6, 6.07) is 0.336. The summed E-state index contributed by atoms with van der Waals surface area (Å²) in [5, 5.41) is 19.2. The van der Waals surface area contributed by atoms with Crippen LogP contribution >= 0.6 is 24.0 Å². The summed E-state index contributed by atoms with van der Waals surface area (Å²) < 4.78 is 38.9. The van der Waals surface area contributed by atoms with Crippen LogP contribution < -0.4 is 10.6 Å². The number of aliphatic imine (C=N–C) groups is 1. The molecule has 2 rings (SSSR count). The van der Waals surface area contributed by atoms with E-state index in [-0.39, 0.29) is 36.0 Å². The molecule has 1 aliphatic rings. The minimum Gasteiger partial charge on any atom is -0.382 e. The number of halogens is 4. The van der Waals surface area contributed by atoms with Gasteiger partial charge in [-0.05, 0) is 32.3 Å². The third-order valence-electron chi connectivity index (χ3n) is 4.03. The van der Waals surface area contributed by atoms with Crippen LogP contribution in [0.5, 0.6) is 0 Å². The summed E-state index contributed by atoms with van der Waals surface area (Å²) in [5.41, 5.74) is 2.23. The number of alkyl halides is 3. The van der Waals surface area contributed by atoms with Crippen LogP contribution in [-0.4, -0.2) is 52.8 Å². The lowest BCUT2D eigenvalue weighted by Crippen LogP contribution is -2.49. The molecule has 0 saturated carbocycles. The molecule has 1 aliphatic carbocycles. The second-order valence-corrected chi connectivity index (χ2v) is 6.27. The van der Waals surface area contributed by atoms with E-state index in [1.807, 2.05) is 4.68 Å². The molecule has 1 aromatic heterocycles. The minimum absolute atomic E-state index is 0. The fourth-order valence-electron chi connectivity index (χ4n) is 2.60. The summed E-state index contributed by atoms with van der Waals surface area (Å²) in [4.78, 5) is 3.92. The van der Waals surface area contributed by atoms with Gasteiger partial charge in [0.05, 0.1) is 12.2 Å². The Morgan fingerprint density at radius 2 is 2.16 bits per heavy atom. The van der Waals surface area contributed by atoms with Gasteiger partial charge in [0.15, 0.2) is 12.1 Å². The highest BCUT2D eigenvalue weighted by molar-refractivity contribution is 14.0. The summed E-state index contributed by atoms with van der Waals surface area (Å²) >= 11 is 0. The number of aliphatic hydroxyl groups is 1. The van der Waals surface area contributed by atoms with Gasteiger partial charge in [0.25, 0.3) is 0 Å². The molecule has 0 aliphatic heterocycles. The second kappa shape index (κ2) is 9.06. The van der Waals surface area contributed by atoms with Crippen molar-refractivity contribution in [2.24, 2.45) is 4.99 Å². The van der Waals surface area contributed by atoms with E-state index in [2.05, 4.69) is 40.8 Å². The summed E-state index contributed by atoms with van der Waals surface area (Å²) in [6.07, 6.45) is -2.60. The van der Waals surface area contributed by atoms with Crippen molar-refractivity contribution in [2.45, 2.75) is 57.5 Å². The Bertz CT molecular complexity index is 588. The SMILES string of the molecule is CN=C(NCC(O)C(F)(F)F)NC1CCc2cn(C(C)C)nc2C1.I. The van der Waals surface area contributed by atoms with E-state index < -0.39 is 18.8 Å². The molecule has 1 heterocycles. The van der Waals surface area contributed by atoms with E-state index >= 15 is 0 Å². The second-order valence-electron chi connectivity index (χ2n) is 6.27. The molecule has 0 aromatic carbocycles. The van der Waals surface area contributed by atoms with Gasteiger partial charge in [-0.1, -0.05) is 0 Å². The Morgan fingerprint density at radius 3 is 2.72 bits per heavy atom. The van der Waals surface area contributed by atoms with Crippen molar-refractivity contribution in [3.8, 4) is 0 Å². The van der Waals surface area contributed by atoms with E-state index in [9.17, 15) is 13.2 Å². The number of hydrogen-bond acceptors (Lipinski definition) is 3. The monoisotopic (exact) mass is 475 g/mol. The molecule has 0 saturated heterocycles. The van der Waals surface area contributed by atoms with Crippen molar-refractivity contribution in [1.29, 1.82) is 0 Å². The Morgan fingerprint density at radius 1 is 1.48 bits per heavy atom. The summed E-state index contributed by atoms with van der Waals surface area (Å²) in [5.74, 6) is 0.245. The third kappa shape index (κ3) is 6.01. The van der Waals surface area contributed by atoms with E-state index in [0.29, 0.717) is 12.5 Å². The van der Waals surface area contributed by atoms with Crippen LogP contribution in [0, 0.1) is 0 Å². The van der Waals surface area contributed by atoms with Crippen molar-refractivity contribution in [1.82, 2.24) is 20.4 Å². The number of aryl methyl sites for hydroxylation is 1. The zero-order chi connectivity index (χ0) is 17.9. The van der Waals surface area contributed by atoms with Crippen molar-refractivity contribution in [3.05, 3.63) is 17.5 Å². The van der Waals surface area contributed by atoms with Gasteiger partial charge in [0.1, 0.15) is 0 Å². The number of guanidine groups is 1. The van der Waals surface area contributed by atoms with Crippen molar-refractivity contribution >= 4 is 29.9 Å². The molecule has 1 aromatic rings. The zero-order valence-corrected chi connectivity index (χ0v) is 16.8. The minimum atomic E-state index is -4.64. The lowest BCUT2D eigenvalue weighted by molar-refractivity contribution is -0.201. The van der Waals surface area contributed by atoms with Crippen LogP contribution in [0.3, 0.4) is 0 Å². The Hall–Kier alpha value is -1.04. The number of aliphatic hydroxyl groups excluding tert-OH is 1. The van der Waals surface area contributed by atoms with E-state index in [4.69, 9.17) is 5.11 Å². The predicted octanol–water partition coefficient (Wildman–Crippen LogP) is 2.03. The standard InChI is InChI=1S/C15H24F3N5O.HI/c1-9(2)23-8-10-4-5-11(6-12(10)22-23)21-14(19-3)20-7-13(24)15(16,17)18;/h8-9,11,13,24H,4-7H2,1-3H3,(H2,19,20,21);1H. The highest BCUT2D eigenvalue weighted by Crippen LogP contribution is 2.22. The zero-order valence-electron chi connectivity index (χ0n) is 14.5. The highest BCUT2D eigenvalue weighted by Gasteiger charge is 2.38. The van der Waals surface area contributed by atoms with Gasteiger partial charge in [0, 0.05) is 31.7 Å². The molecule has 10 heteroatoms. The topological polar surface area (TPSA) is 74.5 Å². The Balaban J connectivity index is 0.00000312. The van der Waals surface area contributed by atoms with Gasteiger partial charge < -0.3 is 15.7 Å². The van der Waals surface area contributed by atoms with Gasteiger partial charge in [-0.2, -0.15) is 18.3 Å². The molecule has 6 nitrogen and oxygen atoms in total. The van der Waals surface area contributed by atoms with Crippen LogP contribution in [0.2, 0.25) is 0 Å². The molecule has 0 amide bonds. The maximum atomic E-state index is 12.3. The molecule has 2 atom stereocenters. The summed E-state index contributed by atoms with van der Waals surface area (Å²) in [6.45, 7) is 3.49. The molecular weight excluding hydrogens is 450 g/mol. The summed E-state index contributed by atoms with van der Waals surface area (Å²) in [7, 11) is 1.48. The first-order valence-electron chi connectivity index (χ1n) is 7.99. The first-order chi connectivity index (χ1) is 11.2. The molecule has 0 fully saturated rings. The number of rotatable bonds is 4. The van der Waals surface area contributed by atoms with E-state index in [1.54, 1.807) is 0 Å². The quantitative estimate of drug-likeness (QED) is 0.354. The molecule has 0 bridgehead atoms. The molecule has 0 radical (unpaired) electrons. The predicted molar refractivity (Wildman–Crippen MR) is 100 cm³/mol. The Kier molecular flexibility index (Phi) is 7.97. The highest BCUT2D eigenvalue weighted by atomic mass is 127. The Labute approximate surface area is 162 Å². The van der Waals surface area contributed by atoms with Crippen LogP contribution in [0.15, 0.2) is 11.2 Å². The lowest BCUT2D eigenvalue weighted by atomic mass is 9.94. The smallest absolute Gasteiger partial charge is 0.382 e. The van der Waals surface area contributed by atoms with Crippen molar-refractivity contribution < 1.29 is 18.3 Å².